The summed E-state index contributed by atoms with van der Waals surface area (Å²) in [7, 11) is 0. The van der Waals surface area contributed by atoms with Crippen LogP contribution < -0.4 is 0 Å². The molecule has 1 heterocycles. The molecule has 124 valence electrons. The smallest absolute Gasteiger partial charge is 0.247 e. The monoisotopic (exact) mass is 322 g/mol. The molecule has 1 N–H and O–H groups in total. The van der Waals surface area contributed by atoms with Crippen molar-refractivity contribution in [3.63, 3.8) is 0 Å². The van der Waals surface area contributed by atoms with Crippen molar-refractivity contribution in [1.82, 2.24) is 10.2 Å². The van der Waals surface area contributed by atoms with Crippen molar-refractivity contribution in [2.45, 2.75) is 33.1 Å². The number of nitrogens with zero attached hydrogens (tertiary/aromatic N) is 2. The molecule has 3 rings (SSSR count). The molecule has 0 amide bonds. The van der Waals surface area contributed by atoms with Crippen LogP contribution in [0.25, 0.3) is 11.5 Å². The van der Waals surface area contributed by atoms with E-state index in [1.165, 1.54) is 5.56 Å². The van der Waals surface area contributed by atoms with Crippen LogP contribution in [0.3, 0.4) is 0 Å². The van der Waals surface area contributed by atoms with E-state index >= 15 is 0 Å². The van der Waals surface area contributed by atoms with E-state index in [0.717, 1.165) is 12.0 Å². The molecule has 0 aliphatic heterocycles. The highest BCUT2D eigenvalue weighted by atomic mass is 16.4. The highest BCUT2D eigenvalue weighted by Crippen LogP contribution is 2.28. The second-order valence-electron chi connectivity index (χ2n) is 6.56. The first-order valence-electron chi connectivity index (χ1n) is 8.24. The first-order chi connectivity index (χ1) is 11.5. The van der Waals surface area contributed by atoms with Crippen LogP contribution in [0.2, 0.25) is 0 Å². The molecule has 1 atom stereocenters. The number of aromatic nitrogens is 2. The van der Waals surface area contributed by atoms with Gasteiger partial charge in [-0.05, 0) is 48.6 Å². The van der Waals surface area contributed by atoms with Crippen molar-refractivity contribution in [3.05, 3.63) is 65.5 Å². The molecule has 4 nitrogen and oxygen atoms in total. The number of hydrogen-bond acceptors (Lipinski definition) is 4. The van der Waals surface area contributed by atoms with Gasteiger partial charge in [0.1, 0.15) is 5.75 Å². The summed E-state index contributed by atoms with van der Waals surface area (Å²) in [6.07, 6.45) is 1.08. The van der Waals surface area contributed by atoms with Crippen LogP contribution >= 0.6 is 0 Å². The summed E-state index contributed by atoms with van der Waals surface area (Å²) in [5.74, 6) is 1.85. The lowest BCUT2D eigenvalue weighted by molar-refractivity contribution is 0.473. The summed E-state index contributed by atoms with van der Waals surface area (Å²) < 4.78 is 5.80. The highest BCUT2D eigenvalue weighted by molar-refractivity contribution is 5.55. The van der Waals surface area contributed by atoms with Crippen molar-refractivity contribution in [1.29, 1.82) is 0 Å². The maximum atomic E-state index is 9.57. The predicted octanol–water partition coefficient (Wildman–Crippen LogP) is 4.79. The zero-order valence-electron chi connectivity index (χ0n) is 14.2. The highest BCUT2D eigenvalue weighted by Gasteiger charge is 2.17. The van der Waals surface area contributed by atoms with Gasteiger partial charge in [-0.15, -0.1) is 10.2 Å². The van der Waals surface area contributed by atoms with Crippen LogP contribution in [0.15, 0.2) is 52.9 Å². The van der Waals surface area contributed by atoms with Crippen molar-refractivity contribution in [3.8, 4) is 17.2 Å². The number of benzene rings is 2. The maximum absolute atomic E-state index is 9.57. The van der Waals surface area contributed by atoms with Crippen LogP contribution in [0.4, 0.5) is 0 Å². The van der Waals surface area contributed by atoms with Crippen molar-refractivity contribution >= 4 is 0 Å². The van der Waals surface area contributed by atoms with Crippen LogP contribution in [0, 0.1) is 5.92 Å². The van der Waals surface area contributed by atoms with E-state index in [0.29, 0.717) is 23.3 Å². The van der Waals surface area contributed by atoms with E-state index in [2.05, 4.69) is 55.2 Å². The van der Waals surface area contributed by atoms with Gasteiger partial charge in [-0.3, -0.25) is 0 Å². The molecule has 1 aromatic heterocycles. The van der Waals surface area contributed by atoms with Gasteiger partial charge in [-0.25, -0.2) is 0 Å². The Morgan fingerprint density at radius 1 is 1.00 bits per heavy atom. The molecular weight excluding hydrogens is 300 g/mol. The minimum absolute atomic E-state index is 0.0247. The third kappa shape index (κ3) is 3.65. The van der Waals surface area contributed by atoms with E-state index in [4.69, 9.17) is 4.42 Å². The van der Waals surface area contributed by atoms with Gasteiger partial charge in [0.15, 0.2) is 0 Å². The molecule has 1 unspecified atom stereocenters. The molecule has 0 aliphatic carbocycles. The number of aromatic hydroxyl groups is 1. The van der Waals surface area contributed by atoms with E-state index < -0.39 is 0 Å². The molecule has 0 aliphatic rings. The second-order valence-corrected chi connectivity index (χ2v) is 6.56. The van der Waals surface area contributed by atoms with Crippen molar-refractivity contribution in [2.24, 2.45) is 5.92 Å². The van der Waals surface area contributed by atoms with Gasteiger partial charge in [0.05, 0.1) is 5.92 Å². The Labute approximate surface area is 142 Å². The lowest BCUT2D eigenvalue weighted by Crippen LogP contribution is -1.98. The van der Waals surface area contributed by atoms with Crippen molar-refractivity contribution in [2.75, 3.05) is 0 Å². The van der Waals surface area contributed by atoms with Gasteiger partial charge in [0.2, 0.25) is 11.8 Å². The Hall–Kier alpha value is -2.62. The third-order valence-electron chi connectivity index (χ3n) is 4.03. The van der Waals surface area contributed by atoms with Gasteiger partial charge < -0.3 is 9.52 Å². The summed E-state index contributed by atoms with van der Waals surface area (Å²) in [4.78, 5) is 0. The zero-order valence-corrected chi connectivity index (χ0v) is 14.2. The average molecular weight is 322 g/mol. The molecule has 0 saturated carbocycles. The Morgan fingerprint density at radius 3 is 2.42 bits per heavy atom. The third-order valence-corrected chi connectivity index (χ3v) is 4.03. The van der Waals surface area contributed by atoms with Crippen LogP contribution in [0.1, 0.15) is 43.7 Å². The van der Waals surface area contributed by atoms with Gasteiger partial charge in [-0.2, -0.15) is 0 Å². The quantitative estimate of drug-likeness (QED) is 0.733. The molecule has 0 radical (unpaired) electrons. The Kier molecular flexibility index (Phi) is 4.65. The zero-order chi connectivity index (χ0) is 17.1. The summed E-state index contributed by atoms with van der Waals surface area (Å²) >= 11 is 0. The van der Waals surface area contributed by atoms with Crippen LogP contribution in [-0.4, -0.2) is 15.3 Å². The fraction of sp³-hybridized carbons (Fsp3) is 0.300. The lowest BCUT2D eigenvalue weighted by atomic mass is 9.97. The topological polar surface area (TPSA) is 59.2 Å². The van der Waals surface area contributed by atoms with Gasteiger partial charge in [0.25, 0.3) is 0 Å². The fourth-order valence-corrected chi connectivity index (χ4v) is 2.72. The standard InChI is InChI=1S/C20H22N2O2/c1-13(2)11-15-7-9-16(10-8-15)14(3)19-21-22-20(24-19)17-5-4-6-18(23)12-17/h4-10,12-14,23H,11H2,1-3H3. The molecule has 2 aromatic carbocycles. The normalized spacial score (nSPS) is 12.5. The lowest BCUT2D eigenvalue weighted by Gasteiger charge is -2.09. The number of phenolic OH excluding ortho intramolecular Hbond substituents is 1. The van der Waals surface area contributed by atoms with Crippen molar-refractivity contribution < 1.29 is 9.52 Å². The molecule has 0 bridgehead atoms. The minimum Gasteiger partial charge on any atom is -0.508 e. The van der Waals surface area contributed by atoms with Crippen LogP contribution in [-0.2, 0) is 6.42 Å². The second kappa shape index (κ2) is 6.87. The molecule has 0 saturated heterocycles. The van der Waals surface area contributed by atoms with Crippen LogP contribution in [0.5, 0.6) is 5.75 Å². The Morgan fingerprint density at radius 2 is 1.75 bits per heavy atom. The van der Waals surface area contributed by atoms with Gasteiger partial charge in [-0.1, -0.05) is 44.2 Å². The predicted molar refractivity (Wildman–Crippen MR) is 93.9 cm³/mol. The Balaban J connectivity index is 1.79. The Bertz CT molecular complexity index is 807. The van der Waals surface area contributed by atoms with E-state index in [1.54, 1.807) is 18.2 Å². The SMILES string of the molecule is CC(C)Cc1ccc(C(C)c2nnc(-c3cccc(O)c3)o2)cc1. The van der Waals surface area contributed by atoms with E-state index in [1.807, 2.05) is 6.07 Å². The molecule has 4 heteroatoms. The summed E-state index contributed by atoms with van der Waals surface area (Å²) in [6.45, 7) is 6.49. The number of rotatable bonds is 5. The first-order valence-corrected chi connectivity index (χ1v) is 8.24. The summed E-state index contributed by atoms with van der Waals surface area (Å²) in [6, 6.07) is 15.4. The number of phenols is 1. The molecular formula is C20H22N2O2. The van der Waals surface area contributed by atoms with Gasteiger partial charge in [0, 0.05) is 5.56 Å². The molecule has 3 aromatic rings. The number of hydrogen-bond donors (Lipinski definition) is 1. The van der Waals surface area contributed by atoms with E-state index in [9.17, 15) is 5.11 Å². The fourth-order valence-electron chi connectivity index (χ4n) is 2.72. The van der Waals surface area contributed by atoms with Gasteiger partial charge >= 0.3 is 0 Å². The molecule has 0 fully saturated rings. The van der Waals surface area contributed by atoms with E-state index in [-0.39, 0.29) is 11.7 Å². The molecule has 0 spiro atoms. The minimum atomic E-state index is 0.0247. The molecule has 24 heavy (non-hydrogen) atoms. The summed E-state index contributed by atoms with van der Waals surface area (Å²) in [5, 5.41) is 17.8. The maximum Gasteiger partial charge on any atom is 0.247 e. The largest absolute Gasteiger partial charge is 0.508 e. The average Bonchev–Trinajstić information content (AvgIpc) is 3.04. The first kappa shape index (κ1) is 16.2. The summed E-state index contributed by atoms with van der Waals surface area (Å²) in [5.41, 5.74) is 3.20.